The highest BCUT2D eigenvalue weighted by Crippen LogP contribution is 2.49. The molecule has 0 saturated heterocycles. The van der Waals surface area contributed by atoms with Crippen molar-refractivity contribution in [2.24, 2.45) is 0 Å². The molecule has 0 heterocycles. The van der Waals surface area contributed by atoms with E-state index in [1.807, 2.05) is 31.2 Å². The fraction of sp³-hybridized carbons (Fsp3) is 0.357. The normalized spacial score (nSPS) is 16.6. The molecule has 1 aliphatic rings. The average molecular weight is 216 g/mol. The van der Waals surface area contributed by atoms with E-state index in [1.165, 1.54) is 7.11 Å². The summed E-state index contributed by atoms with van der Waals surface area (Å²) in [5.74, 6) is -0.115. The maximum absolute atomic E-state index is 11.7. The van der Waals surface area contributed by atoms with Crippen molar-refractivity contribution in [3.05, 3.63) is 42.0 Å². The molecule has 0 radical (unpaired) electrons. The van der Waals surface area contributed by atoms with E-state index < -0.39 is 0 Å². The number of allylic oxidation sites excluding steroid dienone is 1. The average Bonchev–Trinajstić information content (AvgIpc) is 3.09. The summed E-state index contributed by atoms with van der Waals surface area (Å²) in [6, 6.07) is 8.04. The number of esters is 1. The highest BCUT2D eigenvalue weighted by atomic mass is 16.5. The summed E-state index contributed by atoms with van der Waals surface area (Å²) in [7, 11) is 1.45. The molecule has 0 unspecified atom stereocenters. The second-order valence-electron chi connectivity index (χ2n) is 4.43. The molecule has 2 rings (SSSR count). The Bertz CT molecular complexity index is 425. The lowest BCUT2D eigenvalue weighted by Crippen LogP contribution is -2.21. The molecule has 0 spiro atoms. The van der Waals surface area contributed by atoms with Gasteiger partial charge in [-0.3, -0.25) is 4.79 Å². The van der Waals surface area contributed by atoms with E-state index in [-0.39, 0.29) is 11.4 Å². The summed E-state index contributed by atoms with van der Waals surface area (Å²) in [5, 5.41) is 0. The van der Waals surface area contributed by atoms with Crippen LogP contribution in [0.3, 0.4) is 0 Å². The van der Waals surface area contributed by atoms with Crippen LogP contribution >= 0.6 is 0 Å². The zero-order chi connectivity index (χ0) is 11.8. The summed E-state index contributed by atoms with van der Waals surface area (Å²) in [6.45, 7) is 5.87. The molecule has 1 aromatic rings. The minimum atomic E-state index is -0.359. The predicted octanol–water partition coefficient (Wildman–Crippen LogP) is 2.92. The van der Waals surface area contributed by atoms with Crippen LogP contribution in [-0.4, -0.2) is 13.1 Å². The molecule has 1 aromatic carbocycles. The Morgan fingerprint density at radius 3 is 2.25 bits per heavy atom. The molecule has 2 nitrogen and oxygen atoms in total. The second kappa shape index (κ2) is 3.78. The van der Waals surface area contributed by atoms with Gasteiger partial charge in [0.1, 0.15) is 0 Å². The van der Waals surface area contributed by atoms with Crippen molar-refractivity contribution >= 4 is 11.5 Å². The Morgan fingerprint density at radius 1 is 1.31 bits per heavy atom. The largest absolute Gasteiger partial charge is 0.468 e. The Labute approximate surface area is 95.9 Å². The molecular formula is C14H16O2. The fourth-order valence-electron chi connectivity index (χ4n) is 2.00. The molecule has 1 fully saturated rings. The van der Waals surface area contributed by atoms with Gasteiger partial charge in [0.05, 0.1) is 12.5 Å². The lowest BCUT2D eigenvalue weighted by atomic mass is 9.94. The van der Waals surface area contributed by atoms with Crippen LogP contribution in [0.5, 0.6) is 0 Å². The highest BCUT2D eigenvalue weighted by molar-refractivity contribution is 5.86. The number of ether oxygens (including phenoxy) is 1. The van der Waals surface area contributed by atoms with Gasteiger partial charge in [0, 0.05) is 0 Å². The summed E-state index contributed by atoms with van der Waals surface area (Å²) < 4.78 is 4.85. The summed E-state index contributed by atoms with van der Waals surface area (Å²) in [6.07, 6.45) is 1.79. The number of hydrogen-bond donors (Lipinski definition) is 0. The standard InChI is InChI=1S/C14H16O2/c1-10(2)11-4-6-12(7-5-11)14(8-9-14)13(15)16-3/h4-7H,1,8-9H2,2-3H3. The Hall–Kier alpha value is -1.57. The van der Waals surface area contributed by atoms with Gasteiger partial charge in [0.25, 0.3) is 0 Å². The van der Waals surface area contributed by atoms with Crippen molar-refractivity contribution in [2.45, 2.75) is 25.2 Å². The lowest BCUT2D eigenvalue weighted by molar-refractivity contribution is -0.143. The first-order chi connectivity index (χ1) is 7.60. The van der Waals surface area contributed by atoms with Gasteiger partial charge >= 0.3 is 5.97 Å². The summed E-state index contributed by atoms with van der Waals surface area (Å²) in [4.78, 5) is 11.7. The molecule has 84 valence electrons. The second-order valence-corrected chi connectivity index (χ2v) is 4.43. The highest BCUT2D eigenvalue weighted by Gasteiger charge is 2.52. The van der Waals surface area contributed by atoms with Crippen LogP contribution in [0.2, 0.25) is 0 Å². The van der Waals surface area contributed by atoms with Gasteiger partial charge in [-0.1, -0.05) is 36.4 Å². The maximum atomic E-state index is 11.7. The van der Waals surface area contributed by atoms with E-state index in [2.05, 4.69) is 6.58 Å². The van der Waals surface area contributed by atoms with Gasteiger partial charge in [0.15, 0.2) is 0 Å². The monoisotopic (exact) mass is 216 g/mol. The lowest BCUT2D eigenvalue weighted by Gasteiger charge is -2.13. The van der Waals surface area contributed by atoms with Crippen molar-refractivity contribution in [2.75, 3.05) is 7.11 Å². The van der Waals surface area contributed by atoms with Crippen LogP contribution in [0, 0.1) is 0 Å². The molecule has 0 aromatic heterocycles. The van der Waals surface area contributed by atoms with E-state index in [9.17, 15) is 4.79 Å². The first-order valence-corrected chi connectivity index (χ1v) is 5.45. The van der Waals surface area contributed by atoms with Crippen LogP contribution in [0.1, 0.15) is 30.9 Å². The molecular weight excluding hydrogens is 200 g/mol. The minimum Gasteiger partial charge on any atom is -0.468 e. The van der Waals surface area contributed by atoms with E-state index in [1.54, 1.807) is 0 Å². The Kier molecular flexibility index (Phi) is 2.58. The van der Waals surface area contributed by atoms with Gasteiger partial charge in [-0.25, -0.2) is 0 Å². The zero-order valence-electron chi connectivity index (χ0n) is 9.75. The molecule has 0 atom stereocenters. The molecule has 1 aliphatic carbocycles. The van der Waals surface area contributed by atoms with Gasteiger partial charge in [0.2, 0.25) is 0 Å². The van der Waals surface area contributed by atoms with Crippen molar-refractivity contribution in [1.82, 2.24) is 0 Å². The third kappa shape index (κ3) is 1.64. The molecule has 16 heavy (non-hydrogen) atoms. The third-order valence-corrected chi connectivity index (χ3v) is 3.26. The van der Waals surface area contributed by atoms with Crippen molar-refractivity contribution in [3.63, 3.8) is 0 Å². The van der Waals surface area contributed by atoms with Crippen LogP contribution < -0.4 is 0 Å². The molecule has 1 saturated carbocycles. The summed E-state index contributed by atoms with van der Waals surface area (Å²) >= 11 is 0. The van der Waals surface area contributed by atoms with Crippen molar-refractivity contribution in [3.8, 4) is 0 Å². The number of hydrogen-bond acceptors (Lipinski definition) is 2. The molecule has 0 amide bonds. The quantitative estimate of drug-likeness (QED) is 0.726. The third-order valence-electron chi connectivity index (χ3n) is 3.26. The number of methoxy groups -OCH3 is 1. The number of rotatable bonds is 3. The van der Waals surface area contributed by atoms with Gasteiger partial charge in [-0.2, -0.15) is 0 Å². The topological polar surface area (TPSA) is 26.3 Å². The molecule has 2 heteroatoms. The smallest absolute Gasteiger partial charge is 0.316 e. The van der Waals surface area contributed by atoms with Gasteiger partial charge < -0.3 is 4.74 Å². The van der Waals surface area contributed by atoms with Crippen molar-refractivity contribution in [1.29, 1.82) is 0 Å². The Morgan fingerprint density at radius 2 is 1.88 bits per heavy atom. The van der Waals surface area contributed by atoms with Gasteiger partial charge in [-0.05, 0) is 30.9 Å². The van der Waals surface area contributed by atoms with E-state index >= 15 is 0 Å². The molecule has 0 N–H and O–H groups in total. The van der Waals surface area contributed by atoms with Crippen LogP contribution in [0.4, 0.5) is 0 Å². The van der Waals surface area contributed by atoms with Crippen molar-refractivity contribution < 1.29 is 9.53 Å². The van der Waals surface area contributed by atoms with Crippen LogP contribution in [-0.2, 0) is 14.9 Å². The molecule has 0 bridgehead atoms. The van der Waals surface area contributed by atoms with Crippen LogP contribution in [0.15, 0.2) is 30.8 Å². The Balaban J connectivity index is 2.29. The fourth-order valence-corrected chi connectivity index (χ4v) is 2.00. The van der Waals surface area contributed by atoms with E-state index in [0.717, 1.165) is 29.5 Å². The van der Waals surface area contributed by atoms with E-state index in [4.69, 9.17) is 4.74 Å². The number of carbonyl (C=O) groups excluding carboxylic acids is 1. The zero-order valence-corrected chi connectivity index (χ0v) is 9.75. The van der Waals surface area contributed by atoms with Crippen LogP contribution in [0.25, 0.3) is 5.57 Å². The first kappa shape index (κ1) is 10.9. The summed E-state index contributed by atoms with van der Waals surface area (Å²) in [5.41, 5.74) is 2.85. The SMILES string of the molecule is C=C(C)c1ccc(C2(C(=O)OC)CC2)cc1. The predicted molar refractivity (Wildman–Crippen MR) is 64.1 cm³/mol. The maximum Gasteiger partial charge on any atom is 0.316 e. The van der Waals surface area contributed by atoms with E-state index in [0.29, 0.717) is 0 Å². The minimum absolute atomic E-state index is 0.115. The molecule has 0 aliphatic heterocycles. The number of benzene rings is 1. The number of carbonyl (C=O) groups is 1. The first-order valence-electron chi connectivity index (χ1n) is 5.45. The van der Waals surface area contributed by atoms with Gasteiger partial charge in [-0.15, -0.1) is 0 Å².